The van der Waals surface area contributed by atoms with E-state index in [1.807, 2.05) is 47.8 Å². The van der Waals surface area contributed by atoms with Gasteiger partial charge in [-0.1, -0.05) is 6.92 Å². The third kappa shape index (κ3) is 2.71. The molecule has 0 aliphatic carbocycles. The van der Waals surface area contributed by atoms with E-state index in [1.165, 1.54) is 0 Å². The Kier molecular flexibility index (Phi) is 4.20. The fourth-order valence-electron chi connectivity index (χ4n) is 2.81. The summed E-state index contributed by atoms with van der Waals surface area (Å²) in [6, 6.07) is 7.77. The minimum atomic E-state index is -0.0756. The van der Waals surface area contributed by atoms with Crippen LogP contribution in [-0.4, -0.2) is 34.5 Å². The van der Waals surface area contributed by atoms with Crippen LogP contribution in [0, 0.1) is 0 Å². The van der Waals surface area contributed by atoms with Gasteiger partial charge in [0.25, 0.3) is 5.91 Å². The van der Waals surface area contributed by atoms with E-state index in [9.17, 15) is 4.79 Å². The van der Waals surface area contributed by atoms with E-state index < -0.39 is 0 Å². The van der Waals surface area contributed by atoms with Crippen molar-refractivity contribution in [1.29, 1.82) is 0 Å². The highest BCUT2D eigenvalue weighted by molar-refractivity contribution is 5.95. The van der Waals surface area contributed by atoms with E-state index in [-0.39, 0.29) is 5.91 Å². The summed E-state index contributed by atoms with van der Waals surface area (Å²) in [5.41, 5.74) is 4.72. The molecule has 0 aliphatic heterocycles. The van der Waals surface area contributed by atoms with E-state index >= 15 is 0 Å². The van der Waals surface area contributed by atoms with Crippen LogP contribution in [0.4, 0.5) is 11.5 Å². The molecule has 6 nitrogen and oxygen atoms in total. The Morgan fingerprint density at radius 3 is 2.79 bits per heavy atom. The Morgan fingerprint density at radius 2 is 2.08 bits per heavy atom. The molecule has 1 aromatic carbocycles. The predicted octanol–water partition coefficient (Wildman–Crippen LogP) is 2.66. The van der Waals surface area contributed by atoms with E-state index in [1.54, 1.807) is 19.6 Å². The van der Waals surface area contributed by atoms with Crippen molar-refractivity contribution in [3.05, 3.63) is 47.9 Å². The molecular weight excluding hydrogens is 302 g/mol. The summed E-state index contributed by atoms with van der Waals surface area (Å²) in [5, 5.41) is 2.66. The second-order valence-electron chi connectivity index (χ2n) is 5.72. The van der Waals surface area contributed by atoms with Gasteiger partial charge >= 0.3 is 0 Å². The number of carbonyl (C=O) groups is 1. The van der Waals surface area contributed by atoms with Gasteiger partial charge in [-0.25, -0.2) is 9.97 Å². The van der Waals surface area contributed by atoms with E-state index in [4.69, 9.17) is 0 Å². The summed E-state index contributed by atoms with van der Waals surface area (Å²) in [7, 11) is 5.59. The van der Waals surface area contributed by atoms with Gasteiger partial charge in [0.1, 0.15) is 11.3 Å². The van der Waals surface area contributed by atoms with Crippen molar-refractivity contribution >= 4 is 28.4 Å². The number of hydrogen-bond acceptors (Lipinski definition) is 4. The lowest BCUT2D eigenvalue weighted by Gasteiger charge is -2.22. The first-order valence-corrected chi connectivity index (χ1v) is 7.91. The van der Waals surface area contributed by atoms with Crippen molar-refractivity contribution in [1.82, 2.24) is 19.9 Å². The van der Waals surface area contributed by atoms with Crippen LogP contribution in [0.2, 0.25) is 0 Å². The molecule has 3 aromatic rings. The number of carbonyl (C=O) groups excluding carboxylic acids is 1. The zero-order chi connectivity index (χ0) is 17.3. The molecule has 6 heteroatoms. The maximum Gasteiger partial charge on any atom is 0.251 e. The number of pyridine rings is 1. The lowest BCUT2D eigenvalue weighted by molar-refractivity contribution is 0.0963. The van der Waals surface area contributed by atoms with Crippen molar-refractivity contribution in [3.63, 3.8) is 0 Å². The number of nitrogens with zero attached hydrogens (tertiary/aromatic N) is 4. The summed E-state index contributed by atoms with van der Waals surface area (Å²) in [4.78, 5) is 22.7. The number of rotatable bonds is 4. The number of fused-ring (bicyclic) bond motifs is 1. The van der Waals surface area contributed by atoms with Crippen LogP contribution in [0.1, 0.15) is 22.8 Å². The lowest BCUT2D eigenvalue weighted by atomic mass is 10.0. The predicted molar refractivity (Wildman–Crippen MR) is 95.8 cm³/mol. The number of hydrogen-bond donors (Lipinski definition) is 1. The molecule has 0 fully saturated rings. The molecule has 1 N–H and O–H groups in total. The molecule has 0 saturated heterocycles. The maximum absolute atomic E-state index is 11.8. The van der Waals surface area contributed by atoms with E-state index in [0.717, 1.165) is 34.5 Å². The van der Waals surface area contributed by atoms with Crippen molar-refractivity contribution in [2.45, 2.75) is 13.3 Å². The standard InChI is InChI=1S/C18H21N5O/c1-5-12-8-13(18(24)19-2)6-7-15(12)23(4)17-9-16-14(10-20-17)21-11-22(16)3/h6-11H,5H2,1-4H3,(H,19,24). The summed E-state index contributed by atoms with van der Waals surface area (Å²) < 4.78 is 1.98. The highest BCUT2D eigenvalue weighted by Crippen LogP contribution is 2.28. The SMILES string of the molecule is CCc1cc(C(=O)NC)ccc1N(C)c1cc2c(cn1)ncn2C. The van der Waals surface area contributed by atoms with Crippen LogP contribution in [0.15, 0.2) is 36.8 Å². The molecule has 1 amide bonds. The van der Waals surface area contributed by atoms with E-state index in [0.29, 0.717) is 5.56 Å². The Balaban J connectivity index is 2.02. The van der Waals surface area contributed by atoms with Crippen molar-refractivity contribution < 1.29 is 4.79 Å². The molecule has 24 heavy (non-hydrogen) atoms. The summed E-state index contributed by atoms with van der Waals surface area (Å²) in [6.07, 6.45) is 4.40. The molecule has 0 aliphatic rings. The largest absolute Gasteiger partial charge is 0.355 e. The van der Waals surface area contributed by atoms with Gasteiger partial charge in [-0.15, -0.1) is 0 Å². The molecule has 0 spiro atoms. The zero-order valence-corrected chi connectivity index (χ0v) is 14.4. The van der Waals surface area contributed by atoms with Gasteiger partial charge in [0.2, 0.25) is 0 Å². The minimum absolute atomic E-state index is 0.0756. The topological polar surface area (TPSA) is 63.1 Å². The molecule has 3 rings (SSSR count). The van der Waals surface area contributed by atoms with Crippen LogP contribution >= 0.6 is 0 Å². The normalized spacial score (nSPS) is 10.8. The second kappa shape index (κ2) is 6.31. The Labute approximate surface area is 141 Å². The fraction of sp³-hybridized carbons (Fsp3) is 0.278. The molecule has 2 aromatic heterocycles. The Hall–Kier alpha value is -2.89. The van der Waals surface area contributed by atoms with Gasteiger partial charge in [0.15, 0.2) is 0 Å². The minimum Gasteiger partial charge on any atom is -0.355 e. The van der Waals surface area contributed by atoms with Gasteiger partial charge in [-0.2, -0.15) is 0 Å². The molecule has 0 unspecified atom stereocenters. The van der Waals surface area contributed by atoms with Crippen LogP contribution in [0.25, 0.3) is 11.0 Å². The number of nitrogens with one attached hydrogen (secondary N) is 1. The Morgan fingerprint density at radius 1 is 1.29 bits per heavy atom. The van der Waals surface area contributed by atoms with Crippen molar-refractivity contribution in [2.75, 3.05) is 19.0 Å². The molecule has 0 radical (unpaired) electrons. The number of benzene rings is 1. The van der Waals surface area contributed by atoms with Crippen LogP contribution < -0.4 is 10.2 Å². The number of imidazole rings is 1. The average molecular weight is 323 g/mol. The smallest absolute Gasteiger partial charge is 0.251 e. The molecule has 0 saturated carbocycles. The monoisotopic (exact) mass is 323 g/mol. The maximum atomic E-state index is 11.8. The van der Waals surface area contributed by atoms with Gasteiger partial charge in [-0.3, -0.25) is 4.79 Å². The van der Waals surface area contributed by atoms with Crippen LogP contribution in [-0.2, 0) is 13.5 Å². The highest BCUT2D eigenvalue weighted by Gasteiger charge is 2.14. The average Bonchev–Trinajstić information content (AvgIpc) is 3.00. The molecule has 2 heterocycles. The molecule has 0 atom stereocenters. The third-order valence-electron chi connectivity index (χ3n) is 4.25. The van der Waals surface area contributed by atoms with Gasteiger partial charge in [0, 0.05) is 38.5 Å². The highest BCUT2D eigenvalue weighted by atomic mass is 16.1. The first-order valence-electron chi connectivity index (χ1n) is 7.91. The van der Waals surface area contributed by atoms with Gasteiger partial charge < -0.3 is 14.8 Å². The van der Waals surface area contributed by atoms with Crippen molar-refractivity contribution in [3.8, 4) is 0 Å². The first kappa shape index (κ1) is 16.0. The van der Waals surface area contributed by atoms with Gasteiger partial charge in [-0.05, 0) is 30.2 Å². The third-order valence-corrected chi connectivity index (χ3v) is 4.25. The summed E-state index contributed by atoms with van der Waals surface area (Å²) in [5.74, 6) is 0.766. The number of anilines is 2. The fourth-order valence-corrected chi connectivity index (χ4v) is 2.81. The first-order chi connectivity index (χ1) is 11.5. The number of aromatic nitrogens is 3. The van der Waals surface area contributed by atoms with Crippen LogP contribution in [0.3, 0.4) is 0 Å². The van der Waals surface area contributed by atoms with E-state index in [2.05, 4.69) is 22.2 Å². The molecular formula is C18H21N5O. The number of aryl methyl sites for hydroxylation is 2. The molecule has 0 bridgehead atoms. The summed E-state index contributed by atoms with van der Waals surface area (Å²) in [6.45, 7) is 2.08. The Bertz CT molecular complexity index is 900. The number of amides is 1. The zero-order valence-electron chi connectivity index (χ0n) is 14.4. The second-order valence-corrected chi connectivity index (χ2v) is 5.72. The quantitative estimate of drug-likeness (QED) is 0.802. The van der Waals surface area contributed by atoms with Gasteiger partial charge in [0.05, 0.1) is 18.0 Å². The van der Waals surface area contributed by atoms with Crippen molar-refractivity contribution in [2.24, 2.45) is 7.05 Å². The summed E-state index contributed by atoms with van der Waals surface area (Å²) >= 11 is 0. The molecule has 124 valence electrons. The lowest BCUT2D eigenvalue weighted by Crippen LogP contribution is -2.19. The van der Waals surface area contributed by atoms with Crippen LogP contribution in [0.5, 0.6) is 0 Å².